The summed E-state index contributed by atoms with van der Waals surface area (Å²) in [5.41, 5.74) is 4.76. The number of aryl methyl sites for hydroxylation is 3. The van der Waals surface area contributed by atoms with Crippen molar-refractivity contribution < 1.29 is 14.3 Å². The van der Waals surface area contributed by atoms with Crippen molar-refractivity contribution in [2.24, 2.45) is 0 Å². The summed E-state index contributed by atoms with van der Waals surface area (Å²) in [6, 6.07) is 11.5. The Kier molecular flexibility index (Phi) is 5.63. The fraction of sp³-hybridized carbons (Fsp3) is 0.316. The minimum Gasteiger partial charge on any atom is -0.493 e. The molecule has 0 unspecified atom stereocenters. The van der Waals surface area contributed by atoms with Crippen LogP contribution in [0.25, 0.3) is 0 Å². The van der Waals surface area contributed by atoms with Gasteiger partial charge in [-0.15, -0.1) is 0 Å². The number of hydrogen-bond acceptors (Lipinski definition) is 3. The first kappa shape index (κ1) is 16.9. The second-order valence-electron chi connectivity index (χ2n) is 5.59. The van der Waals surface area contributed by atoms with Crippen LogP contribution in [0.3, 0.4) is 0 Å². The highest BCUT2D eigenvalue weighted by Gasteiger charge is 2.09. The highest BCUT2D eigenvalue weighted by atomic mass is 16.5. The largest absolute Gasteiger partial charge is 0.493 e. The van der Waals surface area contributed by atoms with E-state index in [1.807, 2.05) is 12.1 Å². The van der Waals surface area contributed by atoms with Crippen molar-refractivity contribution in [3.63, 3.8) is 0 Å². The average molecular weight is 313 g/mol. The Morgan fingerprint density at radius 1 is 1.04 bits per heavy atom. The Bertz CT molecular complexity index is 672. The number of carbonyl (C=O) groups excluding carboxylic acids is 1. The fourth-order valence-electron chi connectivity index (χ4n) is 2.61. The molecule has 0 aliphatic heterocycles. The summed E-state index contributed by atoms with van der Waals surface area (Å²) >= 11 is 0. The third-order valence-electron chi connectivity index (χ3n) is 3.73. The molecule has 0 atom stereocenters. The van der Waals surface area contributed by atoms with Gasteiger partial charge in [0.25, 0.3) is 5.91 Å². The molecule has 122 valence electrons. The van der Waals surface area contributed by atoms with Crippen LogP contribution in [0.5, 0.6) is 11.5 Å². The summed E-state index contributed by atoms with van der Waals surface area (Å²) in [6.45, 7) is 6.67. The van der Waals surface area contributed by atoms with E-state index in [0.29, 0.717) is 18.0 Å². The normalized spacial score (nSPS) is 10.3. The number of amides is 1. The lowest BCUT2D eigenvalue weighted by atomic mass is 10.00. The molecule has 2 aromatic rings. The van der Waals surface area contributed by atoms with Gasteiger partial charge >= 0.3 is 0 Å². The molecule has 0 fully saturated rings. The lowest BCUT2D eigenvalue weighted by Gasteiger charge is -2.13. The Morgan fingerprint density at radius 3 is 2.26 bits per heavy atom. The van der Waals surface area contributed by atoms with Crippen molar-refractivity contribution in [3.05, 3.63) is 58.7 Å². The predicted molar refractivity (Wildman–Crippen MR) is 91.0 cm³/mol. The number of nitrogens with one attached hydrogen (secondary N) is 1. The van der Waals surface area contributed by atoms with E-state index in [1.54, 1.807) is 19.2 Å². The van der Waals surface area contributed by atoms with Gasteiger partial charge in [0.2, 0.25) is 0 Å². The average Bonchev–Trinajstić information content (AvgIpc) is 2.52. The summed E-state index contributed by atoms with van der Waals surface area (Å²) in [7, 11) is 1.57. The van der Waals surface area contributed by atoms with E-state index >= 15 is 0 Å². The number of carbonyl (C=O) groups is 1. The molecule has 1 N–H and O–H groups in total. The molecule has 1 amide bonds. The van der Waals surface area contributed by atoms with Crippen molar-refractivity contribution in [2.45, 2.75) is 27.3 Å². The van der Waals surface area contributed by atoms with Gasteiger partial charge in [-0.05, 0) is 49.6 Å². The number of para-hydroxylation sites is 2. The van der Waals surface area contributed by atoms with Gasteiger partial charge in [-0.25, -0.2) is 0 Å². The number of rotatable bonds is 6. The van der Waals surface area contributed by atoms with E-state index in [4.69, 9.17) is 9.47 Å². The molecule has 0 aromatic heterocycles. The van der Waals surface area contributed by atoms with Crippen LogP contribution < -0.4 is 14.8 Å². The molecule has 0 spiro atoms. The minimum absolute atomic E-state index is 0.0374. The molecule has 0 saturated carbocycles. The van der Waals surface area contributed by atoms with E-state index in [9.17, 15) is 4.79 Å². The Labute approximate surface area is 137 Å². The molecular weight excluding hydrogens is 290 g/mol. The number of hydrogen-bond donors (Lipinski definition) is 1. The van der Waals surface area contributed by atoms with Gasteiger partial charge in [0.1, 0.15) is 0 Å². The van der Waals surface area contributed by atoms with Gasteiger partial charge in [-0.2, -0.15) is 0 Å². The lowest BCUT2D eigenvalue weighted by molar-refractivity contribution is -0.123. The van der Waals surface area contributed by atoms with Gasteiger partial charge in [0.15, 0.2) is 18.1 Å². The first-order valence-corrected chi connectivity index (χ1v) is 7.60. The van der Waals surface area contributed by atoms with Crippen molar-refractivity contribution in [1.29, 1.82) is 0 Å². The fourth-order valence-corrected chi connectivity index (χ4v) is 2.61. The second-order valence-corrected chi connectivity index (χ2v) is 5.59. The maximum absolute atomic E-state index is 12.0. The lowest BCUT2D eigenvalue weighted by Crippen LogP contribution is -2.29. The van der Waals surface area contributed by atoms with E-state index in [1.165, 1.54) is 16.7 Å². The monoisotopic (exact) mass is 313 g/mol. The number of ether oxygens (including phenoxy) is 2. The topological polar surface area (TPSA) is 47.6 Å². The summed E-state index contributed by atoms with van der Waals surface area (Å²) < 4.78 is 10.7. The van der Waals surface area contributed by atoms with E-state index in [-0.39, 0.29) is 12.5 Å². The van der Waals surface area contributed by atoms with Crippen molar-refractivity contribution >= 4 is 5.91 Å². The second kappa shape index (κ2) is 7.68. The highest BCUT2D eigenvalue weighted by molar-refractivity contribution is 5.77. The van der Waals surface area contributed by atoms with Crippen LogP contribution >= 0.6 is 0 Å². The molecule has 2 rings (SSSR count). The number of methoxy groups -OCH3 is 1. The number of benzene rings is 2. The molecule has 2 aromatic carbocycles. The van der Waals surface area contributed by atoms with Crippen LogP contribution in [0.4, 0.5) is 0 Å². The van der Waals surface area contributed by atoms with Crippen LogP contribution in [0, 0.1) is 20.8 Å². The molecular formula is C19H23NO3. The molecule has 0 bridgehead atoms. The van der Waals surface area contributed by atoms with E-state index < -0.39 is 0 Å². The zero-order valence-electron chi connectivity index (χ0n) is 14.1. The van der Waals surface area contributed by atoms with E-state index in [0.717, 1.165) is 5.56 Å². The van der Waals surface area contributed by atoms with Crippen LogP contribution in [0.2, 0.25) is 0 Å². The summed E-state index contributed by atoms with van der Waals surface area (Å²) in [6.07, 6.45) is 0. The molecule has 23 heavy (non-hydrogen) atoms. The Hall–Kier alpha value is -2.49. The predicted octanol–water partition coefficient (Wildman–Crippen LogP) is 3.32. The SMILES string of the molecule is COc1ccccc1OCC(=O)NCc1c(C)cc(C)cc1C. The first-order valence-electron chi connectivity index (χ1n) is 7.60. The molecule has 4 nitrogen and oxygen atoms in total. The summed E-state index contributed by atoms with van der Waals surface area (Å²) in [5.74, 6) is 1.02. The third kappa shape index (κ3) is 4.49. The molecule has 0 radical (unpaired) electrons. The maximum atomic E-state index is 12.0. The van der Waals surface area contributed by atoms with Crippen LogP contribution in [0.1, 0.15) is 22.3 Å². The van der Waals surface area contributed by atoms with Crippen LogP contribution in [-0.2, 0) is 11.3 Å². The smallest absolute Gasteiger partial charge is 0.258 e. The quantitative estimate of drug-likeness (QED) is 0.890. The first-order chi connectivity index (χ1) is 11.0. The highest BCUT2D eigenvalue weighted by Crippen LogP contribution is 2.25. The van der Waals surface area contributed by atoms with Crippen LogP contribution in [0.15, 0.2) is 36.4 Å². The van der Waals surface area contributed by atoms with Gasteiger partial charge < -0.3 is 14.8 Å². The standard InChI is InChI=1S/C19H23NO3/c1-13-9-14(2)16(15(3)10-13)11-20-19(21)12-23-18-8-6-5-7-17(18)22-4/h5-10H,11-12H2,1-4H3,(H,20,21). The third-order valence-corrected chi connectivity index (χ3v) is 3.73. The molecule has 0 aliphatic carbocycles. The van der Waals surface area contributed by atoms with Crippen molar-refractivity contribution in [1.82, 2.24) is 5.32 Å². The van der Waals surface area contributed by atoms with Gasteiger partial charge in [-0.3, -0.25) is 4.79 Å². The summed E-state index contributed by atoms with van der Waals surface area (Å²) in [5, 5.41) is 2.90. The van der Waals surface area contributed by atoms with E-state index in [2.05, 4.69) is 38.2 Å². The minimum atomic E-state index is -0.157. The maximum Gasteiger partial charge on any atom is 0.258 e. The molecule has 4 heteroatoms. The molecule has 0 aliphatic rings. The zero-order chi connectivity index (χ0) is 16.8. The van der Waals surface area contributed by atoms with Crippen molar-refractivity contribution in [2.75, 3.05) is 13.7 Å². The van der Waals surface area contributed by atoms with Gasteiger partial charge in [0.05, 0.1) is 7.11 Å². The van der Waals surface area contributed by atoms with Crippen LogP contribution in [-0.4, -0.2) is 19.6 Å². The Morgan fingerprint density at radius 2 is 1.65 bits per heavy atom. The summed E-state index contributed by atoms with van der Waals surface area (Å²) in [4.78, 5) is 12.0. The molecule has 0 saturated heterocycles. The molecule has 0 heterocycles. The van der Waals surface area contributed by atoms with Gasteiger partial charge in [0, 0.05) is 6.54 Å². The van der Waals surface area contributed by atoms with Gasteiger partial charge in [-0.1, -0.05) is 29.8 Å². The Balaban J connectivity index is 1.91. The van der Waals surface area contributed by atoms with Crippen molar-refractivity contribution in [3.8, 4) is 11.5 Å². The zero-order valence-corrected chi connectivity index (χ0v) is 14.1.